The molecule has 1 aliphatic rings. The first-order chi connectivity index (χ1) is 10.6. The number of thiophene rings is 1. The molecule has 5 heteroatoms. The van der Waals surface area contributed by atoms with Crippen molar-refractivity contribution in [3.63, 3.8) is 0 Å². The quantitative estimate of drug-likeness (QED) is 0.619. The second kappa shape index (κ2) is 5.99. The van der Waals surface area contributed by atoms with E-state index in [9.17, 15) is 0 Å². The Labute approximate surface area is 138 Å². The van der Waals surface area contributed by atoms with Gasteiger partial charge in [0, 0.05) is 21.6 Å². The second-order valence-corrected chi connectivity index (χ2v) is 6.69. The highest BCUT2D eigenvalue weighted by molar-refractivity contribution is 7.90. The van der Waals surface area contributed by atoms with Crippen LogP contribution in [-0.4, -0.2) is 6.21 Å². The minimum Gasteiger partial charge on any atom is -0.446 e. The molecule has 0 saturated heterocycles. The maximum atomic E-state index is 8.84. The van der Waals surface area contributed by atoms with Crippen LogP contribution in [0.1, 0.15) is 28.0 Å². The Hall–Kier alpha value is -2.03. The Morgan fingerprint density at radius 1 is 1.32 bits per heavy atom. The molecular weight excluding hydrogens is 312 g/mol. The molecule has 1 aromatic heterocycles. The Morgan fingerprint density at radius 2 is 2.05 bits per heavy atom. The molecule has 1 heterocycles. The average Bonchev–Trinajstić information content (AvgIpc) is 2.85. The van der Waals surface area contributed by atoms with Gasteiger partial charge in [0.1, 0.15) is 5.75 Å². The molecule has 1 aliphatic carbocycles. The number of allylic oxidation sites excluding steroid dienone is 1. The molecule has 2 aromatic rings. The zero-order chi connectivity index (χ0) is 15.7. The Morgan fingerprint density at radius 3 is 2.68 bits per heavy atom. The third-order valence-corrected chi connectivity index (χ3v) is 5.27. The van der Waals surface area contributed by atoms with Gasteiger partial charge in [-0.1, -0.05) is 0 Å². The van der Waals surface area contributed by atoms with E-state index < -0.39 is 0 Å². The van der Waals surface area contributed by atoms with Crippen LogP contribution in [0.4, 0.5) is 0 Å². The van der Waals surface area contributed by atoms with Crippen LogP contribution in [0.15, 0.2) is 29.8 Å². The van der Waals surface area contributed by atoms with E-state index in [0.29, 0.717) is 11.3 Å². The Kier molecular flexibility index (Phi) is 4.06. The van der Waals surface area contributed by atoms with E-state index >= 15 is 0 Å². The van der Waals surface area contributed by atoms with Crippen molar-refractivity contribution in [1.82, 2.24) is 0 Å². The van der Waals surface area contributed by atoms with Crippen LogP contribution in [0.2, 0.25) is 0 Å². The second-order valence-electron chi connectivity index (χ2n) is 5.06. The summed E-state index contributed by atoms with van der Waals surface area (Å²) >= 11 is 6.21. The third kappa shape index (κ3) is 2.56. The number of thiol groups is 1. The van der Waals surface area contributed by atoms with Crippen LogP contribution < -0.4 is 4.74 Å². The van der Waals surface area contributed by atoms with Crippen LogP contribution in [0, 0.1) is 23.7 Å². The Balaban J connectivity index is 2.01. The normalized spacial score (nSPS) is 13.5. The van der Waals surface area contributed by atoms with Gasteiger partial charge in [-0.15, -0.1) is 24.0 Å². The summed E-state index contributed by atoms with van der Waals surface area (Å²) in [4.78, 5) is 2.07. The van der Waals surface area contributed by atoms with Gasteiger partial charge >= 0.3 is 0 Å². The lowest BCUT2D eigenvalue weighted by molar-refractivity contribution is 0.494. The number of nitrogens with one attached hydrogen (secondary N) is 1. The minimum absolute atomic E-state index is 0.609. The van der Waals surface area contributed by atoms with Crippen molar-refractivity contribution in [1.29, 1.82) is 10.7 Å². The van der Waals surface area contributed by atoms with Gasteiger partial charge in [-0.2, -0.15) is 5.26 Å². The highest BCUT2D eigenvalue weighted by atomic mass is 32.1. The molecule has 0 spiro atoms. The summed E-state index contributed by atoms with van der Waals surface area (Å²) in [6.07, 6.45) is 3.15. The average molecular weight is 326 g/mol. The lowest BCUT2D eigenvalue weighted by Crippen LogP contribution is -2.02. The summed E-state index contributed by atoms with van der Waals surface area (Å²) in [6, 6.07) is 9.16. The van der Waals surface area contributed by atoms with Crippen LogP contribution in [0.25, 0.3) is 4.91 Å². The van der Waals surface area contributed by atoms with Gasteiger partial charge < -0.3 is 10.1 Å². The van der Waals surface area contributed by atoms with E-state index in [1.54, 1.807) is 35.6 Å². The van der Waals surface area contributed by atoms with Crippen LogP contribution >= 0.6 is 24.0 Å². The van der Waals surface area contributed by atoms with Gasteiger partial charge in [0.15, 0.2) is 5.06 Å². The SMILES string of the molecule is Cc1sc(Oc2ccc(C#N)cc2)c2c1CCC(C=N)=C2S. The first kappa shape index (κ1) is 14.9. The molecule has 0 aliphatic heterocycles. The van der Waals surface area contributed by atoms with Gasteiger partial charge in [0.25, 0.3) is 0 Å². The van der Waals surface area contributed by atoms with Crippen molar-refractivity contribution in [2.75, 3.05) is 0 Å². The standard InChI is InChI=1S/C17H14N2OS2/c1-10-14-7-4-12(9-19)16(21)15(14)17(22-10)20-13-5-2-11(8-18)3-6-13/h2-3,5-6,9,19,21H,4,7H2,1H3. The fourth-order valence-electron chi connectivity index (χ4n) is 2.55. The molecule has 1 aromatic carbocycles. The molecular formula is C17H14N2OS2. The van der Waals surface area contributed by atoms with Crippen LogP contribution in [-0.2, 0) is 6.42 Å². The highest BCUT2D eigenvalue weighted by Crippen LogP contribution is 2.47. The Bertz CT molecular complexity index is 810. The molecule has 0 atom stereocenters. The molecule has 3 rings (SSSR count). The van der Waals surface area contributed by atoms with Crippen molar-refractivity contribution < 1.29 is 4.74 Å². The van der Waals surface area contributed by atoms with Gasteiger partial charge in [-0.3, -0.25) is 0 Å². The molecule has 0 saturated carbocycles. The first-order valence-electron chi connectivity index (χ1n) is 6.87. The smallest absolute Gasteiger partial charge is 0.189 e. The maximum absolute atomic E-state index is 8.84. The molecule has 3 nitrogen and oxygen atoms in total. The molecule has 0 radical (unpaired) electrons. The summed E-state index contributed by atoms with van der Waals surface area (Å²) in [5, 5.41) is 17.2. The van der Waals surface area contributed by atoms with E-state index in [1.807, 2.05) is 0 Å². The fourth-order valence-corrected chi connectivity index (χ4v) is 4.11. The highest BCUT2D eigenvalue weighted by Gasteiger charge is 2.24. The fraction of sp³-hybridized carbons (Fsp3) is 0.176. The number of ether oxygens (including phenoxy) is 1. The number of hydrogen-bond donors (Lipinski definition) is 2. The number of nitriles is 1. The zero-order valence-electron chi connectivity index (χ0n) is 12.0. The van der Waals surface area contributed by atoms with Crippen LogP contribution in [0.3, 0.4) is 0 Å². The minimum atomic E-state index is 0.609. The van der Waals surface area contributed by atoms with E-state index in [-0.39, 0.29) is 0 Å². The number of hydrogen-bond acceptors (Lipinski definition) is 5. The molecule has 0 unspecified atom stereocenters. The first-order valence-corrected chi connectivity index (χ1v) is 8.13. The largest absolute Gasteiger partial charge is 0.446 e. The monoisotopic (exact) mass is 326 g/mol. The van der Waals surface area contributed by atoms with Gasteiger partial charge in [-0.05, 0) is 55.2 Å². The predicted octanol–water partition coefficient (Wildman–Crippen LogP) is 4.96. The molecule has 0 bridgehead atoms. The zero-order valence-corrected chi connectivity index (χ0v) is 13.7. The molecule has 0 fully saturated rings. The van der Waals surface area contributed by atoms with Crippen molar-refractivity contribution in [3.8, 4) is 16.9 Å². The predicted molar refractivity (Wildman–Crippen MR) is 93.3 cm³/mol. The summed E-state index contributed by atoms with van der Waals surface area (Å²) < 4.78 is 6.01. The van der Waals surface area contributed by atoms with Gasteiger partial charge in [0.05, 0.1) is 11.6 Å². The summed E-state index contributed by atoms with van der Waals surface area (Å²) in [5.41, 5.74) is 3.83. The van der Waals surface area contributed by atoms with E-state index in [1.165, 1.54) is 16.7 Å². The number of rotatable bonds is 3. The number of aryl methyl sites for hydroxylation is 1. The van der Waals surface area contributed by atoms with Crippen molar-refractivity contribution in [2.24, 2.45) is 0 Å². The molecule has 22 heavy (non-hydrogen) atoms. The van der Waals surface area contributed by atoms with Crippen molar-refractivity contribution >= 4 is 35.1 Å². The van der Waals surface area contributed by atoms with Crippen molar-refractivity contribution in [2.45, 2.75) is 19.8 Å². The number of benzene rings is 1. The maximum Gasteiger partial charge on any atom is 0.189 e. The van der Waals surface area contributed by atoms with Gasteiger partial charge in [0.2, 0.25) is 0 Å². The van der Waals surface area contributed by atoms with Gasteiger partial charge in [-0.25, -0.2) is 0 Å². The molecule has 110 valence electrons. The topological polar surface area (TPSA) is 56.9 Å². The van der Waals surface area contributed by atoms with Crippen molar-refractivity contribution in [3.05, 3.63) is 51.4 Å². The summed E-state index contributed by atoms with van der Waals surface area (Å²) in [7, 11) is 0. The van der Waals surface area contributed by atoms with Crippen LogP contribution in [0.5, 0.6) is 10.8 Å². The van der Waals surface area contributed by atoms with E-state index in [4.69, 9.17) is 15.4 Å². The summed E-state index contributed by atoms with van der Waals surface area (Å²) in [6.45, 7) is 2.09. The van der Waals surface area contributed by atoms with E-state index in [2.05, 4.69) is 25.6 Å². The number of fused-ring (bicyclic) bond motifs is 1. The number of nitrogens with zero attached hydrogens (tertiary/aromatic N) is 1. The van der Waals surface area contributed by atoms with E-state index in [0.717, 1.165) is 33.9 Å². The lowest BCUT2D eigenvalue weighted by Gasteiger charge is -2.17. The molecule has 0 amide bonds. The summed E-state index contributed by atoms with van der Waals surface area (Å²) in [5.74, 6) is 0.700. The lowest BCUT2D eigenvalue weighted by atomic mass is 9.94. The molecule has 1 N–H and O–H groups in total. The third-order valence-electron chi connectivity index (χ3n) is 3.73.